The molecule has 0 fully saturated rings. The molecule has 11 heavy (non-hydrogen) atoms. The van der Waals surface area contributed by atoms with Gasteiger partial charge in [-0.25, -0.2) is 0 Å². The summed E-state index contributed by atoms with van der Waals surface area (Å²) in [5.74, 6) is 0.590. The molecule has 0 rings (SSSR count). The zero-order valence-corrected chi connectivity index (χ0v) is 8.91. The molecule has 1 atom stereocenters. The van der Waals surface area contributed by atoms with Gasteiger partial charge in [-0.1, -0.05) is 48.2 Å². The third kappa shape index (κ3) is 6.16. The SMILES string of the molecule is C=C/C=C(N)\C=C/C(C)CI. The molecule has 0 heterocycles. The molecule has 2 heteroatoms. The Hall–Kier alpha value is -0.250. The largest absolute Gasteiger partial charge is 0.399 e. The van der Waals surface area contributed by atoms with E-state index in [-0.39, 0.29) is 0 Å². The second-order valence-electron chi connectivity index (χ2n) is 2.39. The summed E-state index contributed by atoms with van der Waals surface area (Å²) in [4.78, 5) is 0. The average Bonchev–Trinajstić information content (AvgIpc) is 2.01. The van der Waals surface area contributed by atoms with Crippen LogP contribution < -0.4 is 5.73 Å². The van der Waals surface area contributed by atoms with Crippen molar-refractivity contribution in [2.75, 3.05) is 4.43 Å². The van der Waals surface area contributed by atoms with E-state index in [0.29, 0.717) is 5.92 Å². The Balaban J connectivity index is 3.91. The maximum absolute atomic E-state index is 5.59. The van der Waals surface area contributed by atoms with Crippen LogP contribution in [0.1, 0.15) is 6.92 Å². The molecule has 1 nitrogen and oxygen atoms in total. The van der Waals surface area contributed by atoms with Gasteiger partial charge in [0.2, 0.25) is 0 Å². The summed E-state index contributed by atoms with van der Waals surface area (Å²) in [6.07, 6.45) is 7.50. The molecule has 2 N–H and O–H groups in total. The first-order valence-electron chi connectivity index (χ1n) is 3.53. The van der Waals surface area contributed by atoms with Crippen LogP contribution >= 0.6 is 22.6 Å². The van der Waals surface area contributed by atoms with E-state index in [2.05, 4.69) is 42.2 Å². The van der Waals surface area contributed by atoms with E-state index < -0.39 is 0 Å². The van der Waals surface area contributed by atoms with E-state index in [0.717, 1.165) is 10.1 Å². The van der Waals surface area contributed by atoms with Gasteiger partial charge in [0.05, 0.1) is 0 Å². The van der Waals surface area contributed by atoms with Crippen molar-refractivity contribution < 1.29 is 0 Å². The van der Waals surface area contributed by atoms with Crippen molar-refractivity contribution in [3.8, 4) is 0 Å². The number of halogens is 1. The average molecular weight is 263 g/mol. The lowest BCUT2D eigenvalue weighted by Gasteiger charge is -1.97. The minimum atomic E-state index is 0.590. The second-order valence-corrected chi connectivity index (χ2v) is 3.27. The lowest BCUT2D eigenvalue weighted by atomic mass is 10.2. The number of nitrogens with two attached hydrogens (primary N) is 1. The van der Waals surface area contributed by atoms with Gasteiger partial charge in [0.1, 0.15) is 0 Å². The Bertz CT molecular complexity index is 170. The molecule has 0 aromatic rings. The molecule has 1 unspecified atom stereocenters. The third-order valence-electron chi connectivity index (χ3n) is 1.17. The molecule has 0 aromatic heterocycles. The number of alkyl halides is 1. The molecule has 0 aliphatic rings. The Labute approximate surface area is 82.2 Å². The highest BCUT2D eigenvalue weighted by Gasteiger charge is 1.90. The third-order valence-corrected chi connectivity index (χ3v) is 2.56. The van der Waals surface area contributed by atoms with Gasteiger partial charge in [-0.3, -0.25) is 0 Å². The number of hydrogen-bond donors (Lipinski definition) is 1. The van der Waals surface area contributed by atoms with Crippen LogP contribution in [0.15, 0.2) is 36.6 Å². The molecule has 0 saturated carbocycles. The first-order valence-corrected chi connectivity index (χ1v) is 5.05. The van der Waals surface area contributed by atoms with E-state index in [4.69, 9.17) is 5.73 Å². The predicted octanol–water partition coefficient (Wildman–Crippen LogP) is 2.64. The number of rotatable bonds is 4. The molecule has 62 valence electrons. The van der Waals surface area contributed by atoms with Gasteiger partial charge in [-0.15, -0.1) is 0 Å². The highest BCUT2D eigenvalue weighted by molar-refractivity contribution is 14.1. The van der Waals surface area contributed by atoms with Crippen LogP contribution in [0.3, 0.4) is 0 Å². The fourth-order valence-electron chi connectivity index (χ4n) is 0.518. The lowest BCUT2D eigenvalue weighted by molar-refractivity contribution is 0.861. The van der Waals surface area contributed by atoms with E-state index in [9.17, 15) is 0 Å². The van der Waals surface area contributed by atoms with Crippen molar-refractivity contribution in [1.82, 2.24) is 0 Å². The van der Waals surface area contributed by atoms with E-state index in [1.807, 2.05) is 6.08 Å². The topological polar surface area (TPSA) is 26.0 Å². The molecule has 0 amide bonds. The summed E-state index contributed by atoms with van der Waals surface area (Å²) < 4.78 is 1.12. The summed E-state index contributed by atoms with van der Waals surface area (Å²) in [5.41, 5.74) is 6.35. The van der Waals surface area contributed by atoms with Crippen LogP contribution in [0.5, 0.6) is 0 Å². The van der Waals surface area contributed by atoms with Crippen molar-refractivity contribution in [1.29, 1.82) is 0 Å². The van der Waals surface area contributed by atoms with Gasteiger partial charge in [0.15, 0.2) is 0 Å². The van der Waals surface area contributed by atoms with Crippen LogP contribution in [0.25, 0.3) is 0 Å². The summed E-state index contributed by atoms with van der Waals surface area (Å²) >= 11 is 2.35. The van der Waals surface area contributed by atoms with Crippen LogP contribution in [0, 0.1) is 5.92 Å². The van der Waals surface area contributed by atoms with E-state index >= 15 is 0 Å². The summed E-state index contributed by atoms with van der Waals surface area (Å²) in [6, 6.07) is 0. The van der Waals surface area contributed by atoms with Gasteiger partial charge in [0.25, 0.3) is 0 Å². The van der Waals surface area contributed by atoms with Gasteiger partial charge in [-0.2, -0.15) is 0 Å². The fraction of sp³-hybridized carbons (Fsp3) is 0.333. The predicted molar refractivity (Wildman–Crippen MR) is 59.7 cm³/mol. The van der Waals surface area contributed by atoms with E-state index in [1.165, 1.54) is 0 Å². The van der Waals surface area contributed by atoms with Crippen LogP contribution in [0.2, 0.25) is 0 Å². The first kappa shape index (κ1) is 10.8. The van der Waals surface area contributed by atoms with Crippen LogP contribution in [-0.2, 0) is 0 Å². The summed E-state index contributed by atoms with van der Waals surface area (Å²) in [7, 11) is 0. The normalized spacial score (nSPS) is 15.3. The maximum atomic E-state index is 5.59. The Kier molecular flexibility index (Phi) is 6.31. The van der Waals surface area contributed by atoms with Crippen molar-refractivity contribution in [3.05, 3.63) is 36.6 Å². The number of hydrogen-bond acceptors (Lipinski definition) is 1. The molecule has 0 radical (unpaired) electrons. The van der Waals surface area contributed by atoms with E-state index in [1.54, 1.807) is 12.2 Å². The van der Waals surface area contributed by atoms with Crippen molar-refractivity contribution in [2.45, 2.75) is 6.92 Å². The van der Waals surface area contributed by atoms with Crippen molar-refractivity contribution in [2.24, 2.45) is 11.7 Å². The monoisotopic (exact) mass is 263 g/mol. The summed E-state index contributed by atoms with van der Waals surface area (Å²) in [5, 5.41) is 0. The van der Waals surface area contributed by atoms with Crippen LogP contribution in [-0.4, -0.2) is 4.43 Å². The Morgan fingerprint density at radius 3 is 2.82 bits per heavy atom. The zero-order valence-electron chi connectivity index (χ0n) is 6.76. The molecule has 0 saturated heterocycles. The maximum Gasteiger partial charge on any atom is 0.0310 e. The summed E-state index contributed by atoms with van der Waals surface area (Å²) in [6.45, 7) is 5.71. The van der Waals surface area contributed by atoms with Crippen molar-refractivity contribution in [3.63, 3.8) is 0 Å². The zero-order chi connectivity index (χ0) is 8.69. The van der Waals surface area contributed by atoms with Gasteiger partial charge in [-0.05, 0) is 18.1 Å². The lowest BCUT2D eigenvalue weighted by Crippen LogP contribution is -1.94. The minimum absolute atomic E-state index is 0.590. The molecule has 0 aliphatic heterocycles. The van der Waals surface area contributed by atoms with Gasteiger partial charge < -0.3 is 5.73 Å². The Morgan fingerprint density at radius 2 is 2.36 bits per heavy atom. The molecule has 0 aromatic carbocycles. The molecule has 0 bridgehead atoms. The Morgan fingerprint density at radius 1 is 1.73 bits per heavy atom. The molecular formula is C9H14IN. The van der Waals surface area contributed by atoms with Gasteiger partial charge >= 0.3 is 0 Å². The van der Waals surface area contributed by atoms with Gasteiger partial charge in [0, 0.05) is 10.1 Å². The quantitative estimate of drug-likeness (QED) is 0.471. The standard InChI is InChI=1S/C9H14IN/c1-3-4-9(11)6-5-8(2)7-10/h3-6,8H,1,7,11H2,2H3/b6-5-,9-4+. The van der Waals surface area contributed by atoms with Crippen LogP contribution in [0.4, 0.5) is 0 Å². The first-order chi connectivity index (χ1) is 5.20. The highest BCUT2D eigenvalue weighted by Crippen LogP contribution is 2.02. The second kappa shape index (κ2) is 6.46. The fourth-order valence-corrected chi connectivity index (χ4v) is 0.812. The molecular weight excluding hydrogens is 249 g/mol. The minimum Gasteiger partial charge on any atom is -0.399 e. The smallest absolute Gasteiger partial charge is 0.0310 e. The van der Waals surface area contributed by atoms with Crippen molar-refractivity contribution >= 4 is 22.6 Å². The highest BCUT2D eigenvalue weighted by atomic mass is 127. The molecule has 0 spiro atoms. The number of allylic oxidation sites excluding steroid dienone is 4. The molecule has 0 aliphatic carbocycles.